The Morgan fingerprint density at radius 3 is 3.00 bits per heavy atom. The Bertz CT molecular complexity index is 206. The van der Waals surface area contributed by atoms with Crippen molar-refractivity contribution in [3.8, 4) is 0 Å². The first-order valence-electron chi connectivity index (χ1n) is 5.98. The van der Waals surface area contributed by atoms with Crippen molar-refractivity contribution in [2.24, 2.45) is 0 Å². The number of allylic oxidation sites excluding steroid dienone is 1. The van der Waals surface area contributed by atoms with Crippen LogP contribution in [0.15, 0.2) is 11.6 Å². The minimum absolute atomic E-state index is 0.212. The predicted molar refractivity (Wildman–Crippen MR) is 58.2 cm³/mol. The largest absolute Gasteiger partial charge is 0.387 e. The normalized spacial score (nSPS) is 30.9. The number of rotatable bonds is 2. The van der Waals surface area contributed by atoms with Gasteiger partial charge in [-0.25, -0.2) is 0 Å². The van der Waals surface area contributed by atoms with E-state index in [1.807, 2.05) is 0 Å². The van der Waals surface area contributed by atoms with E-state index in [0.717, 1.165) is 19.4 Å². The van der Waals surface area contributed by atoms with Crippen molar-refractivity contribution < 1.29 is 5.11 Å². The van der Waals surface area contributed by atoms with E-state index in [2.05, 4.69) is 11.4 Å². The van der Waals surface area contributed by atoms with Crippen LogP contribution in [0.2, 0.25) is 0 Å². The predicted octanol–water partition coefficient (Wildman–Crippen LogP) is 1.99. The Hall–Kier alpha value is -0.340. The molecule has 2 aliphatic rings. The van der Waals surface area contributed by atoms with Gasteiger partial charge in [-0.15, -0.1) is 0 Å². The summed E-state index contributed by atoms with van der Waals surface area (Å²) >= 11 is 0. The van der Waals surface area contributed by atoms with Crippen molar-refractivity contribution in [3.63, 3.8) is 0 Å². The Balaban J connectivity index is 1.94. The number of nitrogens with one attached hydrogen (secondary N) is 1. The van der Waals surface area contributed by atoms with E-state index in [9.17, 15) is 5.11 Å². The maximum atomic E-state index is 10.2. The molecule has 2 rings (SSSR count). The average Bonchev–Trinajstić information content (AvgIpc) is 2.59. The molecule has 1 aliphatic carbocycles. The van der Waals surface area contributed by atoms with Gasteiger partial charge >= 0.3 is 0 Å². The molecule has 2 heteroatoms. The van der Waals surface area contributed by atoms with Crippen molar-refractivity contribution >= 4 is 0 Å². The van der Waals surface area contributed by atoms with Crippen LogP contribution >= 0.6 is 0 Å². The number of aliphatic hydroxyl groups is 1. The summed E-state index contributed by atoms with van der Waals surface area (Å²) in [6.45, 7) is 1.08. The Morgan fingerprint density at radius 2 is 2.21 bits per heavy atom. The standard InChI is InChI=1S/C12H21NO/c14-12(11-8-5-9-13-11)10-6-3-1-2-4-7-10/h6,11-14H,1-5,7-9H2/t11-,12?/m1/s1. The smallest absolute Gasteiger partial charge is 0.0903 e. The highest BCUT2D eigenvalue weighted by atomic mass is 16.3. The highest BCUT2D eigenvalue weighted by molar-refractivity contribution is 5.13. The van der Waals surface area contributed by atoms with Gasteiger partial charge in [0.05, 0.1) is 6.10 Å². The van der Waals surface area contributed by atoms with E-state index < -0.39 is 0 Å². The average molecular weight is 195 g/mol. The molecule has 14 heavy (non-hydrogen) atoms. The van der Waals surface area contributed by atoms with Crippen LogP contribution in [0.5, 0.6) is 0 Å². The van der Waals surface area contributed by atoms with Gasteiger partial charge in [0.15, 0.2) is 0 Å². The third-order valence-corrected chi connectivity index (χ3v) is 3.44. The van der Waals surface area contributed by atoms with Crippen LogP contribution in [0.25, 0.3) is 0 Å². The molecule has 1 saturated heterocycles. The van der Waals surface area contributed by atoms with Crippen LogP contribution in [0, 0.1) is 0 Å². The molecular weight excluding hydrogens is 174 g/mol. The number of hydrogen-bond donors (Lipinski definition) is 2. The van der Waals surface area contributed by atoms with Crippen LogP contribution in [0.3, 0.4) is 0 Å². The first-order valence-corrected chi connectivity index (χ1v) is 5.98. The minimum Gasteiger partial charge on any atom is -0.387 e. The molecule has 2 atom stereocenters. The second-order valence-electron chi connectivity index (χ2n) is 4.53. The lowest BCUT2D eigenvalue weighted by molar-refractivity contribution is 0.165. The highest BCUT2D eigenvalue weighted by Crippen LogP contribution is 2.23. The molecule has 0 aromatic carbocycles. The van der Waals surface area contributed by atoms with Crippen molar-refractivity contribution in [1.82, 2.24) is 5.32 Å². The Labute approximate surface area is 86.4 Å². The molecule has 0 radical (unpaired) electrons. The van der Waals surface area contributed by atoms with Crippen LogP contribution in [-0.4, -0.2) is 23.8 Å². The molecule has 0 saturated carbocycles. The fourth-order valence-electron chi connectivity index (χ4n) is 2.55. The molecule has 0 bridgehead atoms. The van der Waals surface area contributed by atoms with Crippen LogP contribution in [-0.2, 0) is 0 Å². The highest BCUT2D eigenvalue weighted by Gasteiger charge is 2.25. The fraction of sp³-hybridized carbons (Fsp3) is 0.833. The zero-order chi connectivity index (χ0) is 9.80. The number of aliphatic hydroxyl groups excluding tert-OH is 1. The molecule has 0 aromatic rings. The maximum Gasteiger partial charge on any atom is 0.0903 e. The molecule has 2 nitrogen and oxygen atoms in total. The molecule has 1 heterocycles. The van der Waals surface area contributed by atoms with Crippen molar-refractivity contribution in [2.75, 3.05) is 6.54 Å². The van der Waals surface area contributed by atoms with Crippen molar-refractivity contribution in [2.45, 2.75) is 57.1 Å². The van der Waals surface area contributed by atoms with E-state index in [0.29, 0.717) is 6.04 Å². The topological polar surface area (TPSA) is 32.3 Å². The summed E-state index contributed by atoms with van der Waals surface area (Å²) in [4.78, 5) is 0. The third kappa shape index (κ3) is 2.37. The number of hydrogen-bond acceptors (Lipinski definition) is 2. The zero-order valence-electron chi connectivity index (χ0n) is 8.84. The van der Waals surface area contributed by atoms with E-state index in [4.69, 9.17) is 0 Å². The SMILES string of the molecule is OC(C1=CCCCCC1)[C@H]1CCCN1. The first-order chi connectivity index (χ1) is 6.88. The quantitative estimate of drug-likeness (QED) is 0.660. The first kappa shape index (κ1) is 10.2. The molecule has 1 fully saturated rings. The summed E-state index contributed by atoms with van der Waals surface area (Å²) in [5, 5.41) is 13.6. The summed E-state index contributed by atoms with van der Waals surface area (Å²) in [5.74, 6) is 0. The van der Waals surface area contributed by atoms with E-state index in [1.165, 1.54) is 37.7 Å². The van der Waals surface area contributed by atoms with Crippen LogP contribution < -0.4 is 5.32 Å². The summed E-state index contributed by atoms with van der Waals surface area (Å²) in [5.41, 5.74) is 1.29. The van der Waals surface area contributed by atoms with E-state index in [1.54, 1.807) is 0 Å². The Kier molecular flexibility index (Phi) is 3.60. The summed E-state index contributed by atoms with van der Waals surface area (Å²) in [7, 11) is 0. The molecular formula is C12H21NO. The van der Waals surface area contributed by atoms with E-state index >= 15 is 0 Å². The van der Waals surface area contributed by atoms with Gasteiger partial charge in [0.2, 0.25) is 0 Å². The van der Waals surface area contributed by atoms with Gasteiger partial charge in [0, 0.05) is 6.04 Å². The van der Waals surface area contributed by atoms with Crippen LogP contribution in [0.4, 0.5) is 0 Å². The summed E-state index contributed by atoms with van der Waals surface area (Å²) in [6.07, 6.45) is 10.6. The van der Waals surface area contributed by atoms with Gasteiger partial charge in [0.25, 0.3) is 0 Å². The monoisotopic (exact) mass is 195 g/mol. The lowest BCUT2D eigenvalue weighted by Crippen LogP contribution is -2.35. The third-order valence-electron chi connectivity index (χ3n) is 3.44. The fourth-order valence-corrected chi connectivity index (χ4v) is 2.55. The summed E-state index contributed by atoms with van der Waals surface area (Å²) in [6, 6.07) is 0.333. The lowest BCUT2D eigenvalue weighted by Gasteiger charge is -2.21. The van der Waals surface area contributed by atoms with E-state index in [-0.39, 0.29) is 6.10 Å². The van der Waals surface area contributed by atoms with Gasteiger partial charge in [-0.2, -0.15) is 0 Å². The molecule has 0 aromatic heterocycles. The summed E-state index contributed by atoms with van der Waals surface area (Å²) < 4.78 is 0. The molecule has 1 unspecified atom stereocenters. The van der Waals surface area contributed by atoms with Gasteiger partial charge in [-0.3, -0.25) is 0 Å². The van der Waals surface area contributed by atoms with Gasteiger partial charge in [0.1, 0.15) is 0 Å². The van der Waals surface area contributed by atoms with Crippen LogP contribution in [0.1, 0.15) is 44.9 Å². The lowest BCUT2D eigenvalue weighted by atomic mass is 9.97. The maximum absolute atomic E-state index is 10.2. The molecule has 2 N–H and O–H groups in total. The minimum atomic E-state index is -0.212. The second kappa shape index (κ2) is 4.94. The molecule has 80 valence electrons. The second-order valence-corrected chi connectivity index (χ2v) is 4.53. The van der Waals surface area contributed by atoms with Gasteiger partial charge < -0.3 is 10.4 Å². The van der Waals surface area contributed by atoms with Crippen molar-refractivity contribution in [1.29, 1.82) is 0 Å². The molecule has 1 aliphatic heterocycles. The van der Waals surface area contributed by atoms with Gasteiger partial charge in [-0.1, -0.05) is 12.5 Å². The zero-order valence-corrected chi connectivity index (χ0v) is 8.84. The van der Waals surface area contributed by atoms with Gasteiger partial charge in [-0.05, 0) is 50.6 Å². The molecule has 0 spiro atoms. The molecule has 0 amide bonds. The van der Waals surface area contributed by atoms with Crippen molar-refractivity contribution in [3.05, 3.63) is 11.6 Å². The Morgan fingerprint density at radius 1 is 1.29 bits per heavy atom.